The molecule has 0 aliphatic rings. The summed E-state index contributed by atoms with van der Waals surface area (Å²) in [6.45, 7) is 1.68. The largest absolute Gasteiger partial charge is 0.381 e. The van der Waals surface area contributed by atoms with E-state index in [1.54, 1.807) is 55.6 Å². The molecule has 0 fully saturated rings. The molecule has 0 aliphatic heterocycles. The molecule has 0 spiro atoms. The molecule has 0 saturated carbocycles. The van der Waals surface area contributed by atoms with Gasteiger partial charge in [0.2, 0.25) is 0 Å². The number of carbonyl (C=O) groups is 1. The Morgan fingerprint density at radius 3 is 2.65 bits per heavy atom. The third kappa shape index (κ3) is 4.21. The molecule has 0 bridgehead atoms. The Hall–Kier alpha value is -4.22. The molecule has 1 atom stereocenters. The molecule has 3 aromatic heterocycles. The van der Waals surface area contributed by atoms with Crippen molar-refractivity contribution >= 4 is 49.6 Å². The summed E-state index contributed by atoms with van der Waals surface area (Å²) in [6, 6.07) is 13.8. The monoisotopic (exact) mass is 536 g/mol. The molecule has 0 unspecified atom stereocenters. The number of fused-ring (bicyclic) bond motifs is 2. The lowest BCUT2D eigenvalue weighted by molar-refractivity contribution is 0.0941. The van der Waals surface area contributed by atoms with E-state index in [1.807, 2.05) is 0 Å². The Bertz CT molecular complexity index is 1880. The molecule has 3 heterocycles. The summed E-state index contributed by atoms with van der Waals surface area (Å²) in [5.41, 5.74) is 6.32. The molecule has 1 amide bonds. The highest BCUT2D eigenvalue weighted by molar-refractivity contribution is 7.90. The fraction of sp³-hybridized carbons (Fsp3) is 0.120. The maximum atomic E-state index is 13.8. The van der Waals surface area contributed by atoms with Gasteiger partial charge in [-0.1, -0.05) is 35.9 Å². The maximum Gasteiger partial charge on any atom is 0.264 e. The highest BCUT2D eigenvalue weighted by Gasteiger charge is 2.25. The van der Waals surface area contributed by atoms with E-state index >= 15 is 0 Å². The first-order chi connectivity index (χ1) is 17.6. The minimum Gasteiger partial charge on any atom is -0.381 e. The maximum absolute atomic E-state index is 13.8. The topological polar surface area (TPSA) is 141 Å². The number of nitrogen functional groups attached to an aromatic ring is 1. The van der Waals surface area contributed by atoms with Gasteiger partial charge in [-0.3, -0.25) is 14.2 Å². The number of pyridine rings is 1. The Balaban J connectivity index is 1.71. The number of nitrogens with one attached hydrogen (secondary N) is 1. The van der Waals surface area contributed by atoms with Gasteiger partial charge in [-0.25, -0.2) is 17.9 Å². The number of carbonyl (C=O) groups excluding carboxylic acids is 1. The predicted octanol–water partition coefficient (Wildman–Crippen LogP) is 3.16. The summed E-state index contributed by atoms with van der Waals surface area (Å²) in [5.74, 6) is -0.561. The zero-order valence-electron chi connectivity index (χ0n) is 19.7. The number of nitrogens with two attached hydrogens (primary N) is 1. The van der Waals surface area contributed by atoms with Crippen molar-refractivity contribution in [3.63, 3.8) is 0 Å². The lowest BCUT2D eigenvalue weighted by Gasteiger charge is -2.22. The number of halogens is 1. The summed E-state index contributed by atoms with van der Waals surface area (Å²) in [6.07, 6.45) is 4.20. The van der Waals surface area contributed by atoms with Gasteiger partial charge in [0.15, 0.2) is 21.3 Å². The van der Waals surface area contributed by atoms with Gasteiger partial charge in [-0.05, 0) is 42.6 Å². The normalized spacial score (nSPS) is 12.6. The minimum atomic E-state index is -3.71. The lowest BCUT2D eigenvalue weighted by atomic mass is 10.1. The van der Waals surface area contributed by atoms with Gasteiger partial charge < -0.3 is 11.1 Å². The van der Waals surface area contributed by atoms with E-state index in [0.717, 1.165) is 6.26 Å². The first-order valence-corrected chi connectivity index (χ1v) is 13.4. The van der Waals surface area contributed by atoms with E-state index in [9.17, 15) is 18.0 Å². The molecule has 188 valence electrons. The fourth-order valence-electron chi connectivity index (χ4n) is 4.33. The molecule has 0 radical (unpaired) electrons. The first kappa shape index (κ1) is 24.5. The van der Waals surface area contributed by atoms with E-state index in [2.05, 4.69) is 15.4 Å². The van der Waals surface area contributed by atoms with Gasteiger partial charge in [0.1, 0.15) is 5.56 Å². The van der Waals surface area contributed by atoms with Crippen LogP contribution in [0.15, 0.2) is 76.7 Å². The molecule has 10 nitrogen and oxygen atoms in total. The molecule has 0 aliphatic carbocycles. The summed E-state index contributed by atoms with van der Waals surface area (Å²) < 4.78 is 27.9. The molecule has 5 rings (SSSR count). The summed E-state index contributed by atoms with van der Waals surface area (Å²) in [4.78, 5) is 31.3. The van der Waals surface area contributed by atoms with Gasteiger partial charge >= 0.3 is 0 Å². The van der Waals surface area contributed by atoms with Crippen LogP contribution >= 0.6 is 11.6 Å². The van der Waals surface area contributed by atoms with Crippen LogP contribution in [0.3, 0.4) is 0 Å². The Morgan fingerprint density at radius 2 is 1.89 bits per heavy atom. The van der Waals surface area contributed by atoms with Crippen molar-refractivity contribution in [1.82, 2.24) is 24.5 Å². The Kier molecular flexibility index (Phi) is 5.97. The van der Waals surface area contributed by atoms with Crippen molar-refractivity contribution < 1.29 is 13.2 Å². The summed E-state index contributed by atoms with van der Waals surface area (Å²) >= 11 is 6.38. The van der Waals surface area contributed by atoms with Crippen LogP contribution in [0, 0.1) is 0 Å². The van der Waals surface area contributed by atoms with E-state index < -0.39 is 27.3 Å². The van der Waals surface area contributed by atoms with Crippen LogP contribution in [-0.2, 0) is 9.84 Å². The molecular formula is C25H21ClN6O4S. The number of rotatable bonds is 5. The number of sulfone groups is 1. The van der Waals surface area contributed by atoms with Gasteiger partial charge in [-0.2, -0.15) is 0 Å². The van der Waals surface area contributed by atoms with Crippen LogP contribution in [0.1, 0.15) is 29.0 Å². The number of nitrogens with zero attached hydrogens (tertiary/aromatic N) is 4. The molecule has 3 N–H and O–H groups in total. The van der Waals surface area contributed by atoms with Gasteiger partial charge in [-0.15, -0.1) is 5.10 Å². The van der Waals surface area contributed by atoms with Crippen molar-refractivity contribution in [3.05, 3.63) is 93.6 Å². The quantitative estimate of drug-likeness (QED) is 0.351. The smallest absolute Gasteiger partial charge is 0.264 e. The number of para-hydroxylation sites is 1. The number of amides is 1. The van der Waals surface area contributed by atoms with Crippen molar-refractivity contribution in [2.75, 3.05) is 12.0 Å². The average Bonchev–Trinajstić information content (AvgIpc) is 3.19. The van der Waals surface area contributed by atoms with Gasteiger partial charge in [0.25, 0.3) is 11.5 Å². The summed E-state index contributed by atoms with van der Waals surface area (Å²) in [5, 5.41) is 7.96. The molecule has 12 heteroatoms. The zero-order valence-corrected chi connectivity index (χ0v) is 21.3. The van der Waals surface area contributed by atoms with Crippen molar-refractivity contribution in [3.8, 4) is 5.69 Å². The lowest BCUT2D eigenvalue weighted by Crippen LogP contribution is -2.33. The van der Waals surface area contributed by atoms with Crippen molar-refractivity contribution in [2.45, 2.75) is 17.9 Å². The molecule has 37 heavy (non-hydrogen) atoms. The van der Waals surface area contributed by atoms with Crippen molar-refractivity contribution in [1.29, 1.82) is 0 Å². The average molecular weight is 537 g/mol. The predicted molar refractivity (Wildman–Crippen MR) is 141 cm³/mol. The third-order valence-electron chi connectivity index (χ3n) is 5.97. The van der Waals surface area contributed by atoms with E-state index in [1.165, 1.54) is 27.4 Å². The second-order valence-electron chi connectivity index (χ2n) is 8.50. The standard InChI is InChI=1S/C25H21ClN6O4S/c1-14(29-24(33)21-22(27)30-31-12-6-11-28-23(21)31)18-13-15-7-5-8-16(26)20(15)25(34)32(18)17-9-3-4-10-19(17)37(2,35)36/h3-14H,1-2H3,(H2,27,30)(H,29,33)/t14-/m0/s1. The van der Waals surface area contributed by atoms with Crippen LogP contribution < -0.4 is 16.6 Å². The first-order valence-electron chi connectivity index (χ1n) is 11.1. The molecule has 0 saturated heterocycles. The second kappa shape index (κ2) is 9.02. The molecular weight excluding hydrogens is 516 g/mol. The minimum absolute atomic E-state index is 0.00601. The van der Waals surface area contributed by atoms with Crippen LogP contribution in [0.25, 0.3) is 22.1 Å². The molecule has 2 aromatic carbocycles. The molecule has 5 aromatic rings. The van der Waals surface area contributed by atoms with E-state index in [0.29, 0.717) is 11.1 Å². The van der Waals surface area contributed by atoms with Crippen LogP contribution in [0.5, 0.6) is 0 Å². The Morgan fingerprint density at radius 1 is 1.14 bits per heavy atom. The van der Waals surface area contributed by atoms with Gasteiger partial charge in [0.05, 0.1) is 27.0 Å². The van der Waals surface area contributed by atoms with Crippen LogP contribution in [0.2, 0.25) is 5.02 Å². The second-order valence-corrected chi connectivity index (χ2v) is 10.9. The highest BCUT2D eigenvalue weighted by Crippen LogP contribution is 2.28. The number of aromatic nitrogens is 4. The highest BCUT2D eigenvalue weighted by atomic mass is 35.5. The SMILES string of the molecule is C[C@H](NC(=O)c1c(N)nn2cccnc12)c1cc2cccc(Cl)c2c(=O)n1-c1ccccc1S(C)(=O)=O. The van der Waals surface area contributed by atoms with Crippen molar-refractivity contribution in [2.24, 2.45) is 0 Å². The van der Waals surface area contributed by atoms with Gasteiger partial charge in [0, 0.05) is 24.3 Å². The van der Waals surface area contributed by atoms with E-state index in [4.69, 9.17) is 17.3 Å². The van der Waals surface area contributed by atoms with Crippen LogP contribution in [0.4, 0.5) is 5.82 Å². The number of hydrogen-bond acceptors (Lipinski definition) is 7. The summed E-state index contributed by atoms with van der Waals surface area (Å²) in [7, 11) is -3.71. The number of hydrogen-bond donors (Lipinski definition) is 2. The van der Waals surface area contributed by atoms with E-state index in [-0.39, 0.29) is 38.0 Å². The third-order valence-corrected chi connectivity index (χ3v) is 7.43. The van der Waals surface area contributed by atoms with Crippen LogP contribution in [-0.4, -0.2) is 39.7 Å². The Labute approximate surface area is 216 Å². The number of anilines is 1. The number of benzene rings is 2. The zero-order chi connectivity index (χ0) is 26.5. The fourth-order valence-corrected chi connectivity index (χ4v) is 5.45.